The van der Waals surface area contributed by atoms with Crippen LogP contribution < -0.4 is 0 Å². The summed E-state index contributed by atoms with van der Waals surface area (Å²) in [6, 6.07) is 6.15. The Hall–Kier alpha value is -2.55. The molecule has 3 aliphatic rings. The molecule has 12 nitrogen and oxygen atoms in total. The number of aliphatic hydroxyl groups is 6. The molecule has 2 aliphatic heterocycles. The number of carbonyl (C=O) groups is 1. The average Bonchev–Trinajstić information content (AvgIpc) is 3.16. The van der Waals surface area contributed by atoms with Crippen LogP contribution in [-0.4, -0.2) is 104 Å². The lowest BCUT2D eigenvalue weighted by Gasteiger charge is -2.43. The van der Waals surface area contributed by atoms with E-state index < -0.39 is 79.7 Å². The zero-order valence-electron chi connectivity index (χ0n) is 19.1. The largest absolute Gasteiger partial charge is 0.508 e. The third-order valence-electron chi connectivity index (χ3n) is 6.79. The molecular weight excluding hydrogens is 480 g/mol. The molecule has 10 atom stereocenters. The van der Waals surface area contributed by atoms with Crippen LogP contribution in [0.4, 0.5) is 0 Å². The number of hydrogen-bond acceptors (Lipinski definition) is 12. The van der Waals surface area contributed by atoms with Crippen LogP contribution in [0.5, 0.6) is 5.75 Å². The van der Waals surface area contributed by atoms with Gasteiger partial charge in [-0.1, -0.05) is 12.1 Å². The molecule has 2 fully saturated rings. The van der Waals surface area contributed by atoms with Gasteiger partial charge in [-0.3, -0.25) is 0 Å². The van der Waals surface area contributed by atoms with Crippen LogP contribution in [0.1, 0.15) is 12.0 Å². The highest BCUT2D eigenvalue weighted by Crippen LogP contribution is 2.48. The number of phenols is 1. The summed E-state index contributed by atoms with van der Waals surface area (Å²) in [5.41, 5.74) is -1.14. The van der Waals surface area contributed by atoms with Crippen molar-refractivity contribution < 1.29 is 59.5 Å². The molecule has 1 saturated carbocycles. The van der Waals surface area contributed by atoms with Crippen molar-refractivity contribution in [1.82, 2.24) is 0 Å². The van der Waals surface area contributed by atoms with Crippen LogP contribution in [-0.2, 0) is 23.7 Å². The Bertz CT molecular complexity index is 962. The third-order valence-corrected chi connectivity index (χ3v) is 6.79. The lowest BCUT2D eigenvalue weighted by molar-refractivity contribution is -0.347. The van der Waals surface area contributed by atoms with Crippen LogP contribution in [0.2, 0.25) is 0 Å². The van der Waals surface area contributed by atoms with Gasteiger partial charge >= 0.3 is 5.97 Å². The van der Waals surface area contributed by atoms with Crippen molar-refractivity contribution in [2.45, 2.75) is 55.1 Å². The number of carbonyl (C=O) groups excluding carboxylic acids is 1. The average molecular weight is 510 g/mol. The van der Waals surface area contributed by atoms with Crippen molar-refractivity contribution in [3.63, 3.8) is 0 Å². The van der Waals surface area contributed by atoms with E-state index in [9.17, 15) is 40.5 Å². The van der Waals surface area contributed by atoms with Crippen molar-refractivity contribution in [2.24, 2.45) is 11.8 Å². The van der Waals surface area contributed by atoms with Gasteiger partial charge in [0.15, 0.2) is 6.29 Å². The predicted octanol–water partition coefficient (Wildman–Crippen LogP) is -1.64. The van der Waals surface area contributed by atoms with E-state index >= 15 is 0 Å². The molecule has 0 amide bonds. The molecule has 0 radical (unpaired) electrons. The summed E-state index contributed by atoms with van der Waals surface area (Å²) in [4.78, 5) is 12.5. The molecule has 0 bridgehead atoms. The van der Waals surface area contributed by atoms with Crippen molar-refractivity contribution in [1.29, 1.82) is 0 Å². The van der Waals surface area contributed by atoms with Gasteiger partial charge in [0.1, 0.15) is 41.9 Å². The zero-order chi connectivity index (χ0) is 26.0. The summed E-state index contributed by atoms with van der Waals surface area (Å²) in [5.74, 6) is -2.21. The molecule has 1 aromatic carbocycles. The fourth-order valence-corrected chi connectivity index (χ4v) is 4.84. The van der Waals surface area contributed by atoms with E-state index in [4.69, 9.17) is 18.9 Å². The van der Waals surface area contributed by atoms with Crippen molar-refractivity contribution >= 4 is 12.0 Å². The van der Waals surface area contributed by atoms with E-state index in [1.165, 1.54) is 30.5 Å². The molecule has 7 N–H and O–H groups in total. The first-order valence-corrected chi connectivity index (χ1v) is 11.5. The molecule has 1 aromatic rings. The maximum atomic E-state index is 12.5. The summed E-state index contributed by atoms with van der Waals surface area (Å²) in [6.45, 7) is -1.37. The summed E-state index contributed by atoms with van der Waals surface area (Å²) >= 11 is 0. The van der Waals surface area contributed by atoms with E-state index in [2.05, 4.69) is 0 Å². The van der Waals surface area contributed by atoms with E-state index in [-0.39, 0.29) is 12.2 Å². The highest BCUT2D eigenvalue weighted by atomic mass is 16.8. The van der Waals surface area contributed by atoms with E-state index in [0.717, 1.165) is 0 Å². The van der Waals surface area contributed by atoms with Crippen LogP contribution in [0.3, 0.4) is 0 Å². The number of phenolic OH excluding ortho intramolecular Hbond substituents is 1. The van der Waals surface area contributed by atoms with E-state index in [1.54, 1.807) is 18.2 Å². The Balaban J connectivity index is 1.47. The lowest BCUT2D eigenvalue weighted by Crippen LogP contribution is -2.61. The number of hydrogen-bond donors (Lipinski definition) is 7. The fourth-order valence-electron chi connectivity index (χ4n) is 4.84. The van der Waals surface area contributed by atoms with Gasteiger partial charge in [-0.15, -0.1) is 0 Å². The van der Waals surface area contributed by atoms with Gasteiger partial charge in [0.05, 0.1) is 25.4 Å². The second-order valence-corrected chi connectivity index (χ2v) is 9.14. The number of esters is 1. The van der Waals surface area contributed by atoms with E-state index in [1.807, 2.05) is 0 Å². The van der Waals surface area contributed by atoms with Gasteiger partial charge in [-0.2, -0.15) is 0 Å². The zero-order valence-corrected chi connectivity index (χ0v) is 19.1. The van der Waals surface area contributed by atoms with Crippen LogP contribution in [0.15, 0.2) is 42.7 Å². The lowest BCUT2D eigenvalue weighted by atomic mass is 9.84. The standard InChI is InChI=1S/C24H30O12/c25-10-16-19(29)20(30)21(31)23(35-16)36-22-18-14(7-8-33-22)15(9-24(18,32)11-26)34-17(28)6-3-12-1-4-13(27)5-2-12/h1-8,14-16,18-23,25-27,29-32H,9-11H2/b6-3+/t14?,15-,16-,18?,19-,20+,21-,22+,23+,24-/m1/s1. The summed E-state index contributed by atoms with van der Waals surface area (Å²) in [7, 11) is 0. The molecule has 0 spiro atoms. The van der Waals surface area contributed by atoms with Crippen molar-refractivity contribution in [3.8, 4) is 5.75 Å². The van der Waals surface area contributed by atoms with Crippen LogP contribution in [0, 0.1) is 11.8 Å². The first-order chi connectivity index (χ1) is 17.2. The minimum atomic E-state index is -1.79. The molecule has 2 heterocycles. The molecule has 12 heteroatoms. The molecular formula is C24H30O12. The summed E-state index contributed by atoms with van der Waals surface area (Å²) < 4.78 is 22.1. The Morgan fingerprint density at radius 1 is 1.08 bits per heavy atom. The molecule has 198 valence electrons. The number of rotatable bonds is 7. The van der Waals surface area contributed by atoms with Gasteiger partial charge in [0, 0.05) is 18.4 Å². The minimum Gasteiger partial charge on any atom is -0.508 e. The summed E-state index contributed by atoms with van der Waals surface area (Å²) in [5, 5.41) is 70.2. The molecule has 36 heavy (non-hydrogen) atoms. The maximum absolute atomic E-state index is 12.5. The fraction of sp³-hybridized carbons (Fsp3) is 0.542. The van der Waals surface area contributed by atoms with Gasteiger partial charge < -0.3 is 54.7 Å². The summed E-state index contributed by atoms with van der Waals surface area (Å²) in [6.07, 6.45) is -4.46. The van der Waals surface area contributed by atoms with Gasteiger partial charge in [0.25, 0.3) is 0 Å². The number of aliphatic hydroxyl groups excluding tert-OH is 5. The molecule has 1 saturated heterocycles. The van der Waals surface area contributed by atoms with Gasteiger partial charge in [0.2, 0.25) is 6.29 Å². The van der Waals surface area contributed by atoms with Crippen molar-refractivity contribution in [2.75, 3.05) is 13.2 Å². The smallest absolute Gasteiger partial charge is 0.331 e. The third kappa shape index (κ3) is 5.26. The van der Waals surface area contributed by atoms with Crippen LogP contribution >= 0.6 is 0 Å². The first-order valence-electron chi connectivity index (χ1n) is 11.5. The monoisotopic (exact) mass is 510 g/mol. The number of fused-ring (bicyclic) bond motifs is 1. The highest BCUT2D eigenvalue weighted by molar-refractivity contribution is 5.87. The van der Waals surface area contributed by atoms with Gasteiger partial charge in [-0.25, -0.2) is 4.79 Å². The highest BCUT2D eigenvalue weighted by Gasteiger charge is 2.59. The molecule has 1 aliphatic carbocycles. The Morgan fingerprint density at radius 3 is 2.47 bits per heavy atom. The molecule has 4 rings (SSSR count). The first kappa shape index (κ1) is 26.5. The Labute approximate surface area is 206 Å². The van der Waals surface area contributed by atoms with Gasteiger partial charge in [-0.05, 0) is 29.8 Å². The Kier molecular flexibility index (Phi) is 7.97. The molecule has 2 unspecified atom stereocenters. The second kappa shape index (κ2) is 10.8. The topological polar surface area (TPSA) is 196 Å². The molecule has 0 aromatic heterocycles. The second-order valence-electron chi connectivity index (χ2n) is 9.14. The predicted molar refractivity (Wildman–Crippen MR) is 120 cm³/mol. The normalized spacial score (nSPS) is 40.1. The quantitative estimate of drug-likeness (QED) is 0.164. The SMILES string of the molecule is O=C(/C=C/c1ccc(O)cc1)O[C@@H]1C[C@@](O)(CO)C2C1C=CO[C@H]2O[C@@H]1O[C@H](CO)[C@@H](O)[C@H](O)[C@H]1O. The minimum absolute atomic E-state index is 0.0850. The van der Waals surface area contributed by atoms with Crippen LogP contribution in [0.25, 0.3) is 6.08 Å². The van der Waals surface area contributed by atoms with Crippen molar-refractivity contribution in [3.05, 3.63) is 48.2 Å². The number of benzene rings is 1. The number of ether oxygens (including phenoxy) is 4. The maximum Gasteiger partial charge on any atom is 0.331 e. The Morgan fingerprint density at radius 2 is 1.81 bits per heavy atom. The van der Waals surface area contributed by atoms with E-state index in [0.29, 0.717) is 5.56 Å². The number of aromatic hydroxyl groups is 1.